The number of rotatable bonds is 4. The molecule has 0 fully saturated rings. The minimum absolute atomic E-state index is 0. The lowest BCUT2D eigenvalue weighted by Gasteiger charge is -2.09. The molecule has 0 radical (unpaired) electrons. The molecule has 7 heteroatoms. The van der Waals surface area contributed by atoms with Crippen molar-refractivity contribution in [1.29, 1.82) is 5.41 Å². The zero-order chi connectivity index (χ0) is 14.9. The van der Waals surface area contributed by atoms with E-state index in [9.17, 15) is 10.1 Å². The van der Waals surface area contributed by atoms with Gasteiger partial charge in [0.2, 0.25) is 0 Å². The maximum Gasteiger partial charge on any atom is 0.271 e. The Morgan fingerprint density at radius 3 is 2.71 bits per heavy atom. The lowest BCUT2D eigenvalue weighted by atomic mass is 10.1. The molecule has 1 N–H and O–H groups in total. The Labute approximate surface area is 128 Å². The van der Waals surface area contributed by atoms with Gasteiger partial charge in [-0.15, -0.1) is 12.4 Å². The van der Waals surface area contributed by atoms with Crippen LogP contribution >= 0.6 is 12.4 Å². The number of halogens is 1. The molecule has 21 heavy (non-hydrogen) atoms. The number of nitrogens with one attached hydrogen (secondary N) is 1. The van der Waals surface area contributed by atoms with E-state index >= 15 is 0 Å². The number of fused-ring (bicyclic) bond motifs is 1. The van der Waals surface area contributed by atoms with Crippen LogP contribution in [0.25, 0.3) is 10.9 Å². The number of hydrogen-bond acceptors (Lipinski definition) is 4. The van der Waals surface area contributed by atoms with Gasteiger partial charge in [-0.2, -0.15) is 0 Å². The van der Waals surface area contributed by atoms with Crippen molar-refractivity contribution in [3.8, 4) is 0 Å². The van der Waals surface area contributed by atoms with E-state index in [-0.39, 0.29) is 30.1 Å². The Hall–Kier alpha value is -2.08. The molecule has 1 aromatic carbocycles. The first kappa shape index (κ1) is 17.0. The molecule has 1 heterocycles. The highest BCUT2D eigenvalue weighted by molar-refractivity contribution is 5.89. The van der Waals surface area contributed by atoms with Gasteiger partial charge in [-0.25, -0.2) is 0 Å². The molecule has 0 aliphatic heterocycles. The first-order chi connectivity index (χ1) is 9.38. The van der Waals surface area contributed by atoms with Crippen LogP contribution in [0.15, 0.2) is 24.4 Å². The fourth-order valence-corrected chi connectivity index (χ4v) is 2.21. The van der Waals surface area contributed by atoms with E-state index in [2.05, 4.69) is 0 Å². The second kappa shape index (κ2) is 6.58. The third-order valence-corrected chi connectivity index (χ3v) is 3.00. The van der Waals surface area contributed by atoms with E-state index in [1.807, 2.05) is 31.7 Å². The first-order valence-corrected chi connectivity index (χ1v) is 6.35. The number of benzene rings is 1. The van der Waals surface area contributed by atoms with Crippen LogP contribution in [0.4, 0.5) is 5.69 Å². The molecular formula is C14H18ClN3O3. The van der Waals surface area contributed by atoms with Gasteiger partial charge in [0.15, 0.2) is 5.90 Å². The number of hydrogen-bond donors (Lipinski definition) is 1. The summed E-state index contributed by atoms with van der Waals surface area (Å²) >= 11 is 0. The lowest BCUT2D eigenvalue weighted by Crippen LogP contribution is -2.12. The highest BCUT2D eigenvalue weighted by Crippen LogP contribution is 2.25. The smallest absolute Gasteiger partial charge is 0.271 e. The number of nitrogens with zero attached hydrogens (tertiary/aromatic N) is 2. The predicted octanol–water partition coefficient (Wildman–Crippen LogP) is 3.45. The summed E-state index contributed by atoms with van der Waals surface area (Å²) in [5.74, 6) is 0.200. The third kappa shape index (κ3) is 3.72. The van der Waals surface area contributed by atoms with Crippen LogP contribution in [0.3, 0.4) is 0 Å². The zero-order valence-electron chi connectivity index (χ0n) is 12.1. The third-order valence-electron chi connectivity index (χ3n) is 3.00. The van der Waals surface area contributed by atoms with Crippen molar-refractivity contribution in [3.63, 3.8) is 0 Å². The molecule has 114 valence electrons. The molecule has 2 aromatic rings. The summed E-state index contributed by atoms with van der Waals surface area (Å²) < 4.78 is 7.17. The molecule has 2 rings (SSSR count). The van der Waals surface area contributed by atoms with Gasteiger partial charge < -0.3 is 9.30 Å². The minimum Gasteiger partial charge on any atom is -0.478 e. The zero-order valence-corrected chi connectivity index (χ0v) is 12.9. The summed E-state index contributed by atoms with van der Waals surface area (Å²) in [6, 6.07) is 4.76. The standard InChI is InChI=1S/C14H17N3O3.ClH/c1-9(2)20-14(15)6-10-8-16(3)13-7-11(17(18)19)4-5-12(10)13;/h4-5,7-9,15H,6H2,1-3H3;1H. The molecule has 0 spiro atoms. The van der Waals surface area contributed by atoms with Crippen molar-refractivity contribution in [1.82, 2.24) is 4.57 Å². The van der Waals surface area contributed by atoms with Crippen LogP contribution in [-0.2, 0) is 18.2 Å². The van der Waals surface area contributed by atoms with Crippen molar-refractivity contribution < 1.29 is 9.66 Å². The molecule has 0 saturated heterocycles. The average Bonchev–Trinajstić information content (AvgIpc) is 2.64. The van der Waals surface area contributed by atoms with Crippen LogP contribution in [0.1, 0.15) is 19.4 Å². The summed E-state index contributed by atoms with van der Waals surface area (Å²) in [5, 5.41) is 19.5. The highest BCUT2D eigenvalue weighted by atomic mass is 35.5. The Balaban J connectivity index is 0.00000220. The van der Waals surface area contributed by atoms with Gasteiger partial charge in [0, 0.05) is 30.8 Å². The summed E-state index contributed by atoms with van der Waals surface area (Å²) in [6.07, 6.45) is 2.23. The Kier molecular flexibility index (Phi) is 5.32. The van der Waals surface area contributed by atoms with Crippen molar-refractivity contribution >= 4 is 34.9 Å². The fourth-order valence-electron chi connectivity index (χ4n) is 2.21. The van der Waals surface area contributed by atoms with Gasteiger partial charge in [0.1, 0.15) is 0 Å². The molecule has 6 nitrogen and oxygen atoms in total. The quantitative estimate of drug-likeness (QED) is 0.406. The van der Waals surface area contributed by atoms with Crippen LogP contribution in [0.2, 0.25) is 0 Å². The van der Waals surface area contributed by atoms with E-state index in [1.165, 1.54) is 6.07 Å². The van der Waals surface area contributed by atoms with Crippen molar-refractivity contribution in [2.75, 3.05) is 0 Å². The predicted molar refractivity (Wildman–Crippen MR) is 84.5 cm³/mol. The number of nitro benzene ring substituents is 1. The maximum absolute atomic E-state index is 10.8. The van der Waals surface area contributed by atoms with E-state index in [4.69, 9.17) is 10.1 Å². The van der Waals surface area contributed by atoms with Gasteiger partial charge in [-0.3, -0.25) is 15.5 Å². The lowest BCUT2D eigenvalue weighted by molar-refractivity contribution is -0.384. The molecule has 0 aliphatic carbocycles. The van der Waals surface area contributed by atoms with E-state index in [0.717, 1.165) is 16.5 Å². The summed E-state index contributed by atoms with van der Waals surface area (Å²) in [7, 11) is 1.84. The maximum atomic E-state index is 10.8. The summed E-state index contributed by atoms with van der Waals surface area (Å²) in [4.78, 5) is 10.4. The Bertz CT molecular complexity index is 679. The van der Waals surface area contributed by atoms with E-state index < -0.39 is 4.92 Å². The minimum atomic E-state index is -0.407. The number of aromatic nitrogens is 1. The number of non-ortho nitro benzene ring substituents is 1. The second-order valence-corrected chi connectivity index (χ2v) is 4.99. The van der Waals surface area contributed by atoms with Crippen LogP contribution < -0.4 is 0 Å². The molecule has 0 atom stereocenters. The topological polar surface area (TPSA) is 81.1 Å². The summed E-state index contributed by atoms with van der Waals surface area (Å²) in [6.45, 7) is 3.75. The SMILES string of the molecule is CC(C)OC(=N)Cc1cn(C)c2cc([N+](=O)[O-])ccc12.Cl. The summed E-state index contributed by atoms with van der Waals surface area (Å²) in [5.41, 5.74) is 1.79. The number of nitro groups is 1. The molecule has 0 unspecified atom stereocenters. The van der Waals surface area contributed by atoms with Gasteiger partial charge in [0.25, 0.3) is 5.69 Å². The molecule has 1 aromatic heterocycles. The second-order valence-electron chi connectivity index (χ2n) is 4.99. The normalized spacial score (nSPS) is 10.5. The molecular weight excluding hydrogens is 294 g/mol. The Morgan fingerprint density at radius 2 is 2.14 bits per heavy atom. The molecule has 0 aliphatic rings. The van der Waals surface area contributed by atoms with Crippen LogP contribution in [0.5, 0.6) is 0 Å². The van der Waals surface area contributed by atoms with Gasteiger partial charge in [-0.1, -0.05) is 0 Å². The average molecular weight is 312 g/mol. The largest absolute Gasteiger partial charge is 0.478 e. The van der Waals surface area contributed by atoms with Crippen molar-refractivity contribution in [3.05, 3.63) is 40.1 Å². The van der Waals surface area contributed by atoms with E-state index in [1.54, 1.807) is 12.1 Å². The first-order valence-electron chi connectivity index (χ1n) is 6.35. The molecule has 0 saturated carbocycles. The van der Waals surface area contributed by atoms with Crippen LogP contribution in [-0.4, -0.2) is 21.5 Å². The van der Waals surface area contributed by atoms with Crippen LogP contribution in [0, 0.1) is 15.5 Å². The molecule has 0 bridgehead atoms. The number of aryl methyl sites for hydroxylation is 1. The molecule has 0 amide bonds. The van der Waals surface area contributed by atoms with Crippen molar-refractivity contribution in [2.45, 2.75) is 26.4 Å². The fraction of sp³-hybridized carbons (Fsp3) is 0.357. The number of ether oxygens (including phenoxy) is 1. The highest BCUT2D eigenvalue weighted by Gasteiger charge is 2.14. The Morgan fingerprint density at radius 1 is 1.48 bits per heavy atom. The van der Waals surface area contributed by atoms with E-state index in [0.29, 0.717) is 6.42 Å². The van der Waals surface area contributed by atoms with Gasteiger partial charge >= 0.3 is 0 Å². The van der Waals surface area contributed by atoms with Gasteiger partial charge in [0.05, 0.1) is 23.0 Å². The monoisotopic (exact) mass is 311 g/mol. The van der Waals surface area contributed by atoms with Gasteiger partial charge in [-0.05, 0) is 25.5 Å². The van der Waals surface area contributed by atoms with Crippen molar-refractivity contribution in [2.24, 2.45) is 7.05 Å².